The molecule has 4 nitrogen and oxygen atoms in total. The van der Waals surface area contributed by atoms with Crippen LogP contribution in [0.4, 0.5) is 5.69 Å². The molecule has 0 aromatic heterocycles. The number of hydrogen-bond donors (Lipinski definition) is 1. The highest BCUT2D eigenvalue weighted by Crippen LogP contribution is 2.19. The molecule has 144 valence electrons. The number of benzene rings is 2. The number of ether oxygens (including phenoxy) is 1. The summed E-state index contributed by atoms with van der Waals surface area (Å²) in [5.41, 5.74) is 2.11. The molecule has 0 aliphatic carbocycles. The molecule has 1 heterocycles. The predicted octanol–water partition coefficient (Wildman–Crippen LogP) is 4.98. The molecule has 1 aliphatic rings. The summed E-state index contributed by atoms with van der Waals surface area (Å²) in [5.74, 6) is 1.51. The highest BCUT2D eigenvalue weighted by atomic mass is 35.5. The van der Waals surface area contributed by atoms with Crippen molar-refractivity contribution in [2.24, 2.45) is 5.92 Å². The first-order chi connectivity index (χ1) is 13.1. The molecule has 1 saturated heterocycles. The number of likely N-dealkylation sites (tertiary alicyclic amines) is 1. The lowest BCUT2D eigenvalue weighted by atomic mass is 9.99. The molecule has 0 spiro atoms. The Morgan fingerprint density at radius 2 is 1.78 bits per heavy atom. The van der Waals surface area contributed by atoms with Crippen LogP contribution in [0.1, 0.15) is 31.7 Å². The number of nitrogens with one attached hydrogen (secondary N) is 1. The van der Waals surface area contributed by atoms with Crippen LogP contribution in [0.5, 0.6) is 5.75 Å². The number of hydrogen-bond acceptors (Lipinski definition) is 3. The monoisotopic (exact) mass is 386 g/mol. The number of nitrogens with zero attached hydrogens (tertiary/aromatic N) is 1. The molecule has 1 amide bonds. The Hall–Kier alpha value is -2.04. The fraction of sp³-hybridized carbons (Fsp3) is 0.409. The molecule has 2 aromatic rings. The molecule has 27 heavy (non-hydrogen) atoms. The second-order valence-electron chi connectivity index (χ2n) is 7.26. The smallest absolute Gasteiger partial charge is 0.227 e. The molecule has 0 radical (unpaired) electrons. The molecule has 0 atom stereocenters. The highest BCUT2D eigenvalue weighted by Gasteiger charge is 2.15. The van der Waals surface area contributed by atoms with Crippen LogP contribution in [0.15, 0.2) is 48.5 Å². The molecule has 1 fully saturated rings. The molecular weight excluding hydrogens is 360 g/mol. The van der Waals surface area contributed by atoms with E-state index < -0.39 is 0 Å². The molecule has 0 unspecified atom stereocenters. The zero-order valence-corrected chi connectivity index (χ0v) is 16.5. The molecular formula is C22H27ClN2O2. The van der Waals surface area contributed by atoms with Crippen molar-refractivity contribution in [3.63, 3.8) is 0 Å². The van der Waals surface area contributed by atoms with Gasteiger partial charge in [-0.2, -0.15) is 0 Å². The molecule has 0 saturated carbocycles. The van der Waals surface area contributed by atoms with Gasteiger partial charge < -0.3 is 10.1 Å². The summed E-state index contributed by atoms with van der Waals surface area (Å²) in [5, 5.41) is 3.59. The summed E-state index contributed by atoms with van der Waals surface area (Å²) in [6, 6.07) is 15.3. The van der Waals surface area contributed by atoms with E-state index in [1.807, 2.05) is 12.1 Å². The van der Waals surface area contributed by atoms with Gasteiger partial charge in [-0.3, -0.25) is 9.69 Å². The number of rotatable bonds is 7. The van der Waals surface area contributed by atoms with Crippen LogP contribution in [0.3, 0.4) is 0 Å². The normalized spacial score (nSPS) is 15.5. The van der Waals surface area contributed by atoms with Crippen molar-refractivity contribution in [1.29, 1.82) is 0 Å². The molecule has 1 aliphatic heterocycles. The SMILES string of the molecule is CC1CCN(Cc2ccc(NC(=O)CCOc3ccc(Cl)cc3)cc2)CC1. The maximum atomic E-state index is 12.1. The standard InChI is InChI=1S/C22H27ClN2O2/c1-17-10-13-25(14-11-17)16-18-2-6-20(7-3-18)24-22(26)12-15-27-21-8-4-19(23)5-9-21/h2-9,17H,10-16H2,1H3,(H,24,26). The summed E-state index contributed by atoms with van der Waals surface area (Å²) >= 11 is 5.84. The third kappa shape index (κ3) is 6.56. The third-order valence-electron chi connectivity index (χ3n) is 4.93. The highest BCUT2D eigenvalue weighted by molar-refractivity contribution is 6.30. The van der Waals surface area contributed by atoms with Gasteiger partial charge in [0, 0.05) is 17.3 Å². The van der Waals surface area contributed by atoms with E-state index in [4.69, 9.17) is 16.3 Å². The Kier molecular flexibility index (Phi) is 7.13. The van der Waals surface area contributed by atoms with Crippen LogP contribution < -0.4 is 10.1 Å². The fourth-order valence-electron chi connectivity index (χ4n) is 3.19. The summed E-state index contributed by atoms with van der Waals surface area (Å²) in [4.78, 5) is 14.6. The van der Waals surface area contributed by atoms with Crippen molar-refractivity contribution in [3.8, 4) is 5.75 Å². The fourth-order valence-corrected chi connectivity index (χ4v) is 3.31. The zero-order valence-electron chi connectivity index (χ0n) is 15.8. The van der Waals surface area contributed by atoms with Crippen LogP contribution in [0.25, 0.3) is 0 Å². The van der Waals surface area contributed by atoms with E-state index in [0.717, 1.165) is 18.2 Å². The lowest BCUT2D eigenvalue weighted by Crippen LogP contribution is -2.32. The molecule has 3 rings (SSSR count). The average Bonchev–Trinajstić information content (AvgIpc) is 2.67. The summed E-state index contributed by atoms with van der Waals surface area (Å²) in [7, 11) is 0. The van der Waals surface area contributed by atoms with Gasteiger partial charge in [0.15, 0.2) is 0 Å². The van der Waals surface area contributed by atoms with E-state index in [9.17, 15) is 4.79 Å². The maximum absolute atomic E-state index is 12.1. The summed E-state index contributed by atoms with van der Waals surface area (Å²) < 4.78 is 5.56. The second kappa shape index (κ2) is 9.77. The van der Waals surface area contributed by atoms with E-state index in [1.54, 1.807) is 24.3 Å². The molecule has 1 N–H and O–H groups in total. The van der Waals surface area contributed by atoms with Crippen molar-refractivity contribution in [3.05, 3.63) is 59.1 Å². The first-order valence-corrected chi connectivity index (χ1v) is 9.96. The van der Waals surface area contributed by atoms with E-state index >= 15 is 0 Å². The van der Waals surface area contributed by atoms with Crippen molar-refractivity contribution in [1.82, 2.24) is 4.90 Å². The van der Waals surface area contributed by atoms with E-state index in [2.05, 4.69) is 29.3 Å². The minimum absolute atomic E-state index is 0.0540. The Morgan fingerprint density at radius 1 is 1.11 bits per heavy atom. The first-order valence-electron chi connectivity index (χ1n) is 9.58. The number of anilines is 1. The second-order valence-corrected chi connectivity index (χ2v) is 7.69. The van der Waals surface area contributed by atoms with Crippen molar-refractivity contribution < 1.29 is 9.53 Å². The number of carbonyl (C=O) groups is 1. The Labute approximate surface area is 166 Å². The van der Waals surface area contributed by atoms with Gasteiger partial charge in [0.1, 0.15) is 5.75 Å². The topological polar surface area (TPSA) is 41.6 Å². The quantitative estimate of drug-likeness (QED) is 0.729. The summed E-state index contributed by atoms with van der Waals surface area (Å²) in [6.45, 7) is 5.99. The van der Waals surface area contributed by atoms with Gasteiger partial charge in [-0.05, 0) is 73.8 Å². The molecule has 5 heteroatoms. The van der Waals surface area contributed by atoms with Crippen LogP contribution in [0, 0.1) is 5.92 Å². The number of carbonyl (C=O) groups excluding carboxylic acids is 1. The average molecular weight is 387 g/mol. The van der Waals surface area contributed by atoms with Gasteiger partial charge in [0.25, 0.3) is 0 Å². The minimum atomic E-state index is -0.0540. The Morgan fingerprint density at radius 3 is 2.44 bits per heavy atom. The maximum Gasteiger partial charge on any atom is 0.227 e. The zero-order chi connectivity index (χ0) is 19.1. The van der Waals surface area contributed by atoms with Gasteiger partial charge in [0.2, 0.25) is 5.91 Å². The molecule has 2 aromatic carbocycles. The van der Waals surface area contributed by atoms with Gasteiger partial charge in [0.05, 0.1) is 13.0 Å². The van der Waals surface area contributed by atoms with Crippen LogP contribution in [-0.4, -0.2) is 30.5 Å². The Balaban J connectivity index is 1.39. The predicted molar refractivity (Wildman–Crippen MR) is 110 cm³/mol. The van der Waals surface area contributed by atoms with Gasteiger partial charge >= 0.3 is 0 Å². The summed E-state index contributed by atoms with van der Waals surface area (Å²) in [6.07, 6.45) is 2.87. The number of amides is 1. The van der Waals surface area contributed by atoms with Crippen molar-refractivity contribution in [2.45, 2.75) is 32.7 Å². The minimum Gasteiger partial charge on any atom is -0.493 e. The van der Waals surface area contributed by atoms with Gasteiger partial charge in [-0.25, -0.2) is 0 Å². The van der Waals surface area contributed by atoms with Crippen LogP contribution in [0.2, 0.25) is 5.02 Å². The molecule has 0 bridgehead atoms. The van der Waals surface area contributed by atoms with Crippen molar-refractivity contribution in [2.75, 3.05) is 25.0 Å². The van der Waals surface area contributed by atoms with E-state index in [0.29, 0.717) is 23.8 Å². The van der Waals surface area contributed by atoms with Crippen LogP contribution in [-0.2, 0) is 11.3 Å². The Bertz CT molecular complexity index is 723. The lowest BCUT2D eigenvalue weighted by molar-refractivity contribution is -0.116. The first kappa shape index (κ1) is 19.7. The third-order valence-corrected chi connectivity index (χ3v) is 5.18. The van der Waals surface area contributed by atoms with Crippen molar-refractivity contribution >= 4 is 23.2 Å². The van der Waals surface area contributed by atoms with Crippen LogP contribution >= 0.6 is 11.6 Å². The lowest BCUT2D eigenvalue weighted by Gasteiger charge is -2.30. The van der Waals surface area contributed by atoms with Gasteiger partial charge in [-0.15, -0.1) is 0 Å². The van der Waals surface area contributed by atoms with Gasteiger partial charge in [-0.1, -0.05) is 30.7 Å². The largest absolute Gasteiger partial charge is 0.493 e. The number of halogens is 1. The number of piperidine rings is 1. The van der Waals surface area contributed by atoms with E-state index in [-0.39, 0.29) is 5.91 Å². The van der Waals surface area contributed by atoms with E-state index in [1.165, 1.54) is 31.5 Å².